The van der Waals surface area contributed by atoms with Crippen molar-refractivity contribution in [2.75, 3.05) is 16.4 Å². The van der Waals surface area contributed by atoms with Crippen LogP contribution in [0.1, 0.15) is 62.8 Å². The zero-order valence-electron chi connectivity index (χ0n) is 32.8. The molecule has 0 spiro atoms. The molecule has 0 heterocycles. The summed E-state index contributed by atoms with van der Waals surface area (Å²) in [5, 5.41) is 0.181. The number of fused-ring (bicyclic) bond motifs is 3. The van der Waals surface area contributed by atoms with Crippen molar-refractivity contribution in [1.82, 2.24) is 0 Å². The van der Waals surface area contributed by atoms with Gasteiger partial charge in [0.25, 0.3) is 0 Å². The minimum atomic E-state index is -1.87. The van der Waals surface area contributed by atoms with Gasteiger partial charge in [-0.3, -0.25) is 0 Å². The molecule has 3 nitrogen and oxygen atoms in total. The summed E-state index contributed by atoms with van der Waals surface area (Å²) in [5.74, 6) is 0. The Bertz CT molecular complexity index is 2060. The van der Waals surface area contributed by atoms with E-state index in [4.69, 9.17) is 4.43 Å². The number of para-hydroxylation sites is 2. The third-order valence-corrected chi connectivity index (χ3v) is 16.2. The van der Waals surface area contributed by atoms with Crippen LogP contribution < -0.4 is 9.80 Å². The van der Waals surface area contributed by atoms with E-state index in [1.165, 1.54) is 44.8 Å². The molecule has 1 aliphatic carbocycles. The maximum Gasteiger partial charge on any atom is 0.191 e. The Labute approximate surface area is 319 Å². The molecule has 4 heteroatoms. The third kappa shape index (κ3) is 7.23. The van der Waals surface area contributed by atoms with E-state index < -0.39 is 8.32 Å². The van der Waals surface area contributed by atoms with Gasteiger partial charge in [-0.1, -0.05) is 100 Å². The quantitative estimate of drug-likeness (QED) is 0.0981. The van der Waals surface area contributed by atoms with Gasteiger partial charge in [-0.2, -0.15) is 0 Å². The molecule has 0 bridgehead atoms. The van der Waals surface area contributed by atoms with Crippen molar-refractivity contribution in [2.45, 2.75) is 77.9 Å². The number of rotatable bonds is 11. The van der Waals surface area contributed by atoms with Crippen molar-refractivity contribution in [2.24, 2.45) is 0 Å². The van der Waals surface area contributed by atoms with Gasteiger partial charge in [-0.25, -0.2) is 0 Å². The molecule has 0 fully saturated rings. The number of nitrogens with zero attached hydrogens (tertiary/aromatic N) is 2. The first-order chi connectivity index (χ1) is 25.4. The van der Waals surface area contributed by atoms with E-state index in [2.05, 4.69) is 210 Å². The number of anilines is 6. The molecule has 0 unspecified atom stereocenters. The van der Waals surface area contributed by atoms with E-state index in [9.17, 15) is 0 Å². The SMILES string of the molecule is Cc1cccc(N(c2ccccc2)c2ccc3c(c2)C(C)(CCCO[Si](C)(C)C(C)(C)C)c2cc(N(c4ccccc4)c4cccc(C)c4)ccc2-3)c1. The van der Waals surface area contributed by atoms with Crippen molar-refractivity contribution >= 4 is 42.4 Å². The molecule has 0 N–H and O–H groups in total. The number of hydrogen-bond donors (Lipinski definition) is 0. The Balaban J connectivity index is 1.35. The fourth-order valence-corrected chi connectivity index (χ4v) is 8.78. The van der Waals surface area contributed by atoms with Crippen molar-refractivity contribution in [3.63, 3.8) is 0 Å². The standard InChI is InChI=1S/C49H54N2OSi/c1-36-18-15-24-40(32-36)50(38-20-11-9-12-21-38)42-26-28-44-45-29-27-43(51(39-22-13-10-14-23-39)41-25-16-19-37(2)33-41)35-47(45)49(6,46(44)34-42)30-17-31-52-53(7,8)48(3,4)5/h9-16,18-29,32-35H,17,30-31H2,1-8H3. The molecule has 6 aromatic carbocycles. The van der Waals surface area contributed by atoms with Gasteiger partial charge in [0.15, 0.2) is 8.32 Å². The number of benzene rings is 6. The normalized spacial score (nSPS) is 13.4. The summed E-state index contributed by atoms with van der Waals surface area (Å²) in [5.41, 5.74) is 14.6. The van der Waals surface area contributed by atoms with Crippen molar-refractivity contribution in [3.8, 4) is 11.1 Å². The van der Waals surface area contributed by atoms with E-state index in [1.54, 1.807) is 0 Å². The summed E-state index contributed by atoms with van der Waals surface area (Å²) in [6, 6.07) is 53.4. The summed E-state index contributed by atoms with van der Waals surface area (Å²) in [4.78, 5) is 4.80. The third-order valence-electron chi connectivity index (χ3n) is 11.6. The zero-order valence-corrected chi connectivity index (χ0v) is 33.8. The van der Waals surface area contributed by atoms with Gasteiger partial charge in [-0.05, 0) is 151 Å². The topological polar surface area (TPSA) is 15.7 Å². The maximum atomic E-state index is 6.77. The van der Waals surface area contributed by atoms with Crippen LogP contribution in [0.3, 0.4) is 0 Å². The van der Waals surface area contributed by atoms with Gasteiger partial charge < -0.3 is 14.2 Å². The van der Waals surface area contributed by atoms with Gasteiger partial charge in [0.05, 0.1) is 0 Å². The van der Waals surface area contributed by atoms with E-state index in [-0.39, 0.29) is 10.5 Å². The van der Waals surface area contributed by atoms with Crippen LogP contribution in [0, 0.1) is 13.8 Å². The summed E-state index contributed by atoms with van der Waals surface area (Å²) >= 11 is 0. The lowest BCUT2D eigenvalue weighted by molar-refractivity contribution is 0.269. The molecule has 0 amide bonds. The Hall–Kier alpha value is -4.90. The average molecular weight is 715 g/mol. The minimum absolute atomic E-state index is 0.181. The summed E-state index contributed by atoms with van der Waals surface area (Å²) < 4.78 is 6.77. The van der Waals surface area contributed by atoms with Gasteiger partial charge in [0.2, 0.25) is 0 Å². The lowest BCUT2D eigenvalue weighted by Gasteiger charge is -2.37. The monoisotopic (exact) mass is 714 g/mol. The Kier molecular flexibility index (Phi) is 9.97. The van der Waals surface area contributed by atoms with E-state index >= 15 is 0 Å². The molecular formula is C49H54N2OSi. The molecule has 0 radical (unpaired) electrons. The van der Waals surface area contributed by atoms with E-state index in [0.717, 1.165) is 42.2 Å². The summed E-state index contributed by atoms with van der Waals surface area (Å²) in [6.07, 6.45) is 1.97. The molecule has 0 aromatic heterocycles. The highest BCUT2D eigenvalue weighted by molar-refractivity contribution is 6.74. The molecule has 7 rings (SSSR count). The minimum Gasteiger partial charge on any atom is -0.417 e. The molecule has 0 saturated carbocycles. The predicted molar refractivity (Wildman–Crippen MR) is 230 cm³/mol. The lowest BCUT2D eigenvalue weighted by atomic mass is 9.76. The Morgan fingerprint density at radius 1 is 0.528 bits per heavy atom. The first kappa shape index (κ1) is 36.5. The second kappa shape index (κ2) is 14.5. The van der Waals surface area contributed by atoms with E-state index in [1.807, 2.05) is 0 Å². The van der Waals surface area contributed by atoms with Crippen molar-refractivity contribution in [1.29, 1.82) is 0 Å². The molecule has 53 heavy (non-hydrogen) atoms. The Morgan fingerprint density at radius 3 is 1.36 bits per heavy atom. The zero-order chi connectivity index (χ0) is 37.4. The molecule has 0 saturated heterocycles. The van der Waals surface area contributed by atoms with E-state index in [0.29, 0.717) is 0 Å². The lowest BCUT2D eigenvalue weighted by Crippen LogP contribution is -2.41. The van der Waals surface area contributed by atoms with Crippen LogP contribution in [0.4, 0.5) is 34.1 Å². The van der Waals surface area contributed by atoms with Crippen LogP contribution in [0.5, 0.6) is 0 Å². The van der Waals surface area contributed by atoms with Crippen LogP contribution in [0.2, 0.25) is 18.1 Å². The van der Waals surface area contributed by atoms with Crippen LogP contribution >= 0.6 is 0 Å². The predicted octanol–water partition coefficient (Wildman–Crippen LogP) is 14.3. The molecular weight excluding hydrogens is 661 g/mol. The van der Waals surface area contributed by atoms with Crippen LogP contribution in [-0.4, -0.2) is 14.9 Å². The maximum absolute atomic E-state index is 6.77. The smallest absolute Gasteiger partial charge is 0.191 e. The second-order valence-electron chi connectivity index (χ2n) is 16.5. The van der Waals surface area contributed by atoms with Crippen LogP contribution in [-0.2, 0) is 9.84 Å². The molecule has 6 aromatic rings. The molecule has 270 valence electrons. The first-order valence-electron chi connectivity index (χ1n) is 19.1. The highest BCUT2D eigenvalue weighted by Crippen LogP contribution is 2.54. The summed E-state index contributed by atoms with van der Waals surface area (Å²) in [6.45, 7) is 19.3. The Morgan fingerprint density at radius 2 is 0.943 bits per heavy atom. The molecule has 0 aliphatic heterocycles. The average Bonchev–Trinajstić information content (AvgIpc) is 3.38. The fraction of sp³-hybridized carbons (Fsp3) is 0.265. The van der Waals surface area contributed by atoms with Crippen molar-refractivity contribution in [3.05, 3.63) is 168 Å². The van der Waals surface area contributed by atoms with Gasteiger partial charge in [0, 0.05) is 46.1 Å². The van der Waals surface area contributed by atoms with Gasteiger partial charge >= 0.3 is 0 Å². The first-order valence-corrected chi connectivity index (χ1v) is 22.0. The molecule has 0 atom stereocenters. The van der Waals surface area contributed by atoms with Crippen LogP contribution in [0.15, 0.2) is 146 Å². The van der Waals surface area contributed by atoms with Crippen LogP contribution in [0.25, 0.3) is 11.1 Å². The second-order valence-corrected chi connectivity index (χ2v) is 21.3. The van der Waals surface area contributed by atoms with Gasteiger partial charge in [-0.15, -0.1) is 0 Å². The van der Waals surface area contributed by atoms with Crippen molar-refractivity contribution < 1.29 is 4.43 Å². The highest BCUT2D eigenvalue weighted by atomic mass is 28.4. The largest absolute Gasteiger partial charge is 0.417 e. The molecule has 1 aliphatic rings. The van der Waals surface area contributed by atoms with Gasteiger partial charge in [0.1, 0.15) is 0 Å². The fourth-order valence-electron chi connectivity index (χ4n) is 7.69. The highest BCUT2D eigenvalue weighted by Gasteiger charge is 2.41. The number of hydrogen-bond acceptors (Lipinski definition) is 3. The number of aryl methyl sites for hydroxylation is 2. The summed E-state index contributed by atoms with van der Waals surface area (Å²) in [7, 11) is -1.87.